The number of piperidine rings is 2. The number of aromatic nitrogens is 6. The number of H-pyrrole nitrogens is 1. The van der Waals surface area contributed by atoms with E-state index in [-0.39, 0.29) is 5.91 Å². The molecule has 2 saturated heterocycles. The molecule has 6 heterocycles. The molecule has 42 heavy (non-hydrogen) atoms. The van der Waals surface area contributed by atoms with E-state index in [4.69, 9.17) is 0 Å². The number of likely N-dealkylation sites (tertiary alicyclic amines) is 2. The Morgan fingerprint density at radius 1 is 0.929 bits per heavy atom. The monoisotopic (exact) mass is 564 g/mol. The first-order chi connectivity index (χ1) is 20.5. The highest BCUT2D eigenvalue weighted by molar-refractivity contribution is 6.07. The fraction of sp³-hybridized carbons (Fsp3) is 0.387. The highest BCUT2D eigenvalue weighted by Gasteiger charge is 2.21. The van der Waals surface area contributed by atoms with E-state index in [2.05, 4.69) is 71.7 Å². The Labute approximate surface area is 244 Å². The number of rotatable bonds is 6. The lowest BCUT2D eigenvalue weighted by Gasteiger charge is -2.30. The molecule has 5 aromatic rings. The average molecular weight is 565 g/mol. The smallest absolute Gasteiger partial charge is 0.257 e. The van der Waals surface area contributed by atoms with Crippen LogP contribution in [0.4, 0.5) is 11.5 Å². The number of amides is 1. The Bertz CT molecular complexity index is 1730. The lowest BCUT2D eigenvalue weighted by Crippen LogP contribution is -2.36. The Morgan fingerprint density at radius 3 is 2.52 bits per heavy atom. The number of fused-ring (bicyclic) bond motifs is 2. The third kappa shape index (κ3) is 5.33. The summed E-state index contributed by atoms with van der Waals surface area (Å²) in [5.74, 6) is 0.645. The molecule has 0 aliphatic carbocycles. The molecule has 1 aromatic carbocycles. The first kappa shape index (κ1) is 26.5. The maximum Gasteiger partial charge on any atom is 0.257 e. The van der Waals surface area contributed by atoms with Crippen LogP contribution in [0, 0.1) is 0 Å². The molecule has 4 aromatic heterocycles. The minimum Gasteiger partial charge on any atom is -0.367 e. The Morgan fingerprint density at radius 2 is 1.71 bits per heavy atom. The molecule has 0 atom stereocenters. The van der Waals surface area contributed by atoms with Crippen LogP contribution in [0.5, 0.6) is 0 Å². The van der Waals surface area contributed by atoms with Gasteiger partial charge in [0.15, 0.2) is 0 Å². The standard InChI is InChI=1S/C31H36N10O/c1-39-9-5-22(6-10-39)37-30-26-13-20(3-4-28(26)34-19-35-30)27-17-33-29-25(27)14-21(15-32-29)31(42)38-23-16-36-41(18-23)24-7-11-40(2)12-8-24/h3-4,13-19,22,24H,5-12H2,1-2H3,(H,32,33)(H,38,42)(H,34,35,37). The third-order valence-corrected chi connectivity index (χ3v) is 8.72. The van der Waals surface area contributed by atoms with Gasteiger partial charge in [0.05, 0.1) is 29.0 Å². The van der Waals surface area contributed by atoms with E-state index in [1.54, 1.807) is 18.7 Å². The van der Waals surface area contributed by atoms with Gasteiger partial charge >= 0.3 is 0 Å². The van der Waals surface area contributed by atoms with Gasteiger partial charge in [0.2, 0.25) is 0 Å². The molecular formula is C31H36N10O. The maximum atomic E-state index is 13.3. The van der Waals surface area contributed by atoms with Crippen LogP contribution in [0.25, 0.3) is 33.1 Å². The number of anilines is 2. The minimum atomic E-state index is -0.212. The maximum absolute atomic E-state index is 13.3. The molecule has 2 aliphatic heterocycles. The summed E-state index contributed by atoms with van der Waals surface area (Å²) < 4.78 is 1.98. The van der Waals surface area contributed by atoms with Gasteiger partial charge in [-0.2, -0.15) is 5.10 Å². The summed E-state index contributed by atoms with van der Waals surface area (Å²) in [7, 11) is 4.31. The minimum absolute atomic E-state index is 0.212. The Hall–Kier alpha value is -4.35. The van der Waals surface area contributed by atoms with Crippen LogP contribution in [0.3, 0.4) is 0 Å². The molecule has 0 bridgehead atoms. The highest BCUT2D eigenvalue weighted by atomic mass is 16.1. The van der Waals surface area contributed by atoms with Gasteiger partial charge in [0.25, 0.3) is 5.91 Å². The Kier molecular flexibility index (Phi) is 7.04. The molecule has 2 fully saturated rings. The van der Waals surface area contributed by atoms with Crippen molar-refractivity contribution in [3.05, 3.63) is 60.9 Å². The van der Waals surface area contributed by atoms with Crippen LogP contribution in [0.2, 0.25) is 0 Å². The second-order valence-corrected chi connectivity index (χ2v) is 11.7. The predicted octanol–water partition coefficient (Wildman–Crippen LogP) is 4.39. The zero-order valence-electron chi connectivity index (χ0n) is 24.0. The summed E-state index contributed by atoms with van der Waals surface area (Å²) in [6, 6.07) is 8.85. The third-order valence-electron chi connectivity index (χ3n) is 8.72. The number of hydrogen-bond acceptors (Lipinski definition) is 8. The zero-order valence-corrected chi connectivity index (χ0v) is 24.0. The number of carbonyl (C=O) groups excluding carboxylic acids is 1. The SMILES string of the molecule is CN1CCC(Nc2ncnc3ccc(-c4c[nH]c5ncc(C(=O)Nc6cnn(C7CCN(C)CC7)c6)cc45)cc23)CC1. The van der Waals surface area contributed by atoms with Gasteiger partial charge in [-0.05, 0) is 89.7 Å². The number of carbonyl (C=O) groups is 1. The lowest BCUT2D eigenvalue weighted by atomic mass is 10.0. The average Bonchev–Trinajstić information content (AvgIpc) is 3.66. The first-order valence-electron chi connectivity index (χ1n) is 14.7. The van der Waals surface area contributed by atoms with Crippen molar-refractivity contribution in [3.63, 3.8) is 0 Å². The number of nitrogens with zero attached hydrogens (tertiary/aromatic N) is 7. The number of hydrogen-bond donors (Lipinski definition) is 3. The second kappa shape index (κ2) is 11.1. The molecule has 0 radical (unpaired) electrons. The van der Waals surface area contributed by atoms with Gasteiger partial charge in [-0.1, -0.05) is 6.07 Å². The van der Waals surface area contributed by atoms with E-state index < -0.39 is 0 Å². The van der Waals surface area contributed by atoms with E-state index in [9.17, 15) is 4.79 Å². The van der Waals surface area contributed by atoms with E-state index >= 15 is 0 Å². The quantitative estimate of drug-likeness (QED) is 0.278. The topological polar surface area (TPSA) is 120 Å². The molecule has 7 rings (SSSR count). The van der Waals surface area contributed by atoms with E-state index in [1.165, 1.54) is 0 Å². The van der Waals surface area contributed by atoms with E-state index in [0.717, 1.165) is 90.7 Å². The van der Waals surface area contributed by atoms with Crippen LogP contribution in [0.15, 0.2) is 55.4 Å². The van der Waals surface area contributed by atoms with Crippen molar-refractivity contribution in [1.82, 2.24) is 39.5 Å². The van der Waals surface area contributed by atoms with E-state index in [0.29, 0.717) is 23.3 Å². The van der Waals surface area contributed by atoms with Crippen molar-refractivity contribution in [2.75, 3.05) is 50.9 Å². The van der Waals surface area contributed by atoms with Gasteiger partial charge in [-0.15, -0.1) is 0 Å². The molecule has 0 saturated carbocycles. The van der Waals surface area contributed by atoms with E-state index in [1.807, 2.05) is 29.2 Å². The second-order valence-electron chi connectivity index (χ2n) is 11.7. The van der Waals surface area contributed by atoms with Crippen molar-refractivity contribution < 1.29 is 4.79 Å². The van der Waals surface area contributed by atoms with Gasteiger partial charge in [-0.25, -0.2) is 15.0 Å². The van der Waals surface area contributed by atoms with Crippen LogP contribution < -0.4 is 10.6 Å². The van der Waals surface area contributed by atoms with Gasteiger partial charge in [0, 0.05) is 41.0 Å². The number of aromatic amines is 1. The van der Waals surface area contributed by atoms with Crippen molar-refractivity contribution in [3.8, 4) is 11.1 Å². The molecule has 11 nitrogen and oxygen atoms in total. The van der Waals surface area contributed by atoms with Gasteiger partial charge in [0.1, 0.15) is 17.8 Å². The van der Waals surface area contributed by atoms with Crippen molar-refractivity contribution >= 4 is 39.3 Å². The predicted molar refractivity (Wildman–Crippen MR) is 165 cm³/mol. The summed E-state index contributed by atoms with van der Waals surface area (Å²) in [5.41, 5.74) is 4.78. The largest absolute Gasteiger partial charge is 0.367 e. The summed E-state index contributed by atoms with van der Waals surface area (Å²) in [6.45, 7) is 4.25. The van der Waals surface area contributed by atoms with Crippen LogP contribution in [-0.2, 0) is 0 Å². The molecule has 11 heteroatoms. The first-order valence-corrected chi connectivity index (χ1v) is 14.7. The summed E-state index contributed by atoms with van der Waals surface area (Å²) in [5, 5.41) is 13.1. The number of benzene rings is 1. The summed E-state index contributed by atoms with van der Waals surface area (Å²) in [4.78, 5) is 34.9. The Balaban J connectivity index is 1.13. The molecular weight excluding hydrogens is 528 g/mol. The van der Waals surface area contributed by atoms with Crippen LogP contribution >= 0.6 is 0 Å². The molecule has 216 valence electrons. The summed E-state index contributed by atoms with van der Waals surface area (Å²) >= 11 is 0. The van der Waals surface area contributed by atoms with Crippen molar-refractivity contribution in [2.24, 2.45) is 0 Å². The molecule has 3 N–H and O–H groups in total. The molecule has 0 spiro atoms. The zero-order chi connectivity index (χ0) is 28.6. The normalized spacial score (nSPS) is 17.7. The fourth-order valence-electron chi connectivity index (χ4n) is 6.12. The van der Waals surface area contributed by atoms with Crippen molar-refractivity contribution in [1.29, 1.82) is 0 Å². The molecule has 2 aliphatic rings. The molecule has 0 unspecified atom stereocenters. The van der Waals surface area contributed by atoms with Gasteiger partial charge < -0.3 is 25.4 Å². The van der Waals surface area contributed by atoms with Crippen LogP contribution in [0.1, 0.15) is 42.1 Å². The molecule has 1 amide bonds. The van der Waals surface area contributed by atoms with Gasteiger partial charge in [-0.3, -0.25) is 9.48 Å². The fourth-order valence-corrected chi connectivity index (χ4v) is 6.12. The highest BCUT2D eigenvalue weighted by Crippen LogP contribution is 2.32. The van der Waals surface area contributed by atoms with Crippen LogP contribution in [-0.4, -0.2) is 91.7 Å². The number of pyridine rings is 1. The van der Waals surface area contributed by atoms with Crippen molar-refractivity contribution in [2.45, 2.75) is 37.8 Å². The summed E-state index contributed by atoms with van der Waals surface area (Å²) in [6.07, 6.45) is 13.1. The lowest BCUT2D eigenvalue weighted by molar-refractivity contribution is 0.102. The number of nitrogens with one attached hydrogen (secondary N) is 3.